The van der Waals surface area contributed by atoms with Gasteiger partial charge in [-0.25, -0.2) is 0 Å². The van der Waals surface area contributed by atoms with Crippen LogP contribution in [-0.4, -0.2) is 42.5 Å². The number of carbonyl (C=O) groups excluding carboxylic acids is 1. The van der Waals surface area contributed by atoms with Crippen LogP contribution in [0.3, 0.4) is 0 Å². The van der Waals surface area contributed by atoms with Crippen LogP contribution in [0.5, 0.6) is 0 Å². The van der Waals surface area contributed by atoms with Gasteiger partial charge in [-0.2, -0.15) is 9.61 Å². The lowest BCUT2D eigenvalue weighted by Crippen LogP contribution is -2.35. The predicted octanol–water partition coefficient (Wildman–Crippen LogP) is 0.744. The number of carbonyl (C=O) groups is 1. The number of rotatable bonds is 4. The lowest BCUT2D eigenvalue weighted by molar-refractivity contribution is -0.119. The van der Waals surface area contributed by atoms with Gasteiger partial charge in [-0.3, -0.25) is 14.6 Å². The summed E-state index contributed by atoms with van der Waals surface area (Å²) in [6.45, 7) is 0. The maximum absolute atomic E-state index is 12.0. The molecule has 1 aliphatic rings. The molecule has 1 saturated carbocycles. The smallest absolute Gasteiger partial charge is 0.271 e. The first-order valence-corrected chi connectivity index (χ1v) is 8.44. The van der Waals surface area contributed by atoms with Crippen molar-refractivity contribution in [1.29, 1.82) is 0 Å². The van der Waals surface area contributed by atoms with Crippen LogP contribution in [0.15, 0.2) is 16.1 Å². The van der Waals surface area contributed by atoms with Crippen LogP contribution in [0, 0.1) is 0 Å². The Labute approximate surface area is 131 Å². The summed E-state index contributed by atoms with van der Waals surface area (Å²) in [5.41, 5.74) is -0.331. The predicted molar refractivity (Wildman–Crippen MR) is 81.8 cm³/mol. The molecule has 22 heavy (non-hydrogen) atoms. The third-order valence-corrected chi connectivity index (χ3v) is 4.61. The Morgan fingerprint density at radius 1 is 1.32 bits per heavy atom. The summed E-state index contributed by atoms with van der Waals surface area (Å²) in [6.07, 6.45) is 8.17. The third-order valence-electron chi connectivity index (χ3n) is 3.69. The fraction of sp³-hybridized carbons (Fsp3) is 0.615. The van der Waals surface area contributed by atoms with Gasteiger partial charge in [0.15, 0.2) is 0 Å². The Kier molecular flexibility index (Phi) is 4.71. The van der Waals surface area contributed by atoms with Crippen LogP contribution < -0.4 is 10.9 Å². The Morgan fingerprint density at radius 2 is 2.09 bits per heavy atom. The molecule has 8 nitrogen and oxygen atoms in total. The number of aromatic amines is 1. The van der Waals surface area contributed by atoms with Gasteiger partial charge >= 0.3 is 0 Å². The number of aromatic nitrogens is 5. The van der Waals surface area contributed by atoms with Gasteiger partial charge < -0.3 is 5.32 Å². The summed E-state index contributed by atoms with van der Waals surface area (Å²) >= 11 is 1.26. The van der Waals surface area contributed by atoms with E-state index >= 15 is 0 Å². The number of hydrogen-bond acceptors (Lipinski definition) is 6. The van der Waals surface area contributed by atoms with Crippen molar-refractivity contribution in [2.45, 2.75) is 49.7 Å². The molecule has 0 spiro atoms. The van der Waals surface area contributed by atoms with Crippen LogP contribution >= 0.6 is 11.8 Å². The van der Waals surface area contributed by atoms with Crippen molar-refractivity contribution in [2.24, 2.45) is 0 Å². The maximum atomic E-state index is 12.0. The number of thioether (sulfide) groups is 1. The summed E-state index contributed by atoms with van der Waals surface area (Å²) < 4.78 is 1.42. The SMILES string of the molecule is O=C(CSc1nnc2[nH]c(=O)cnn12)NC1CCCCCC1. The molecule has 3 rings (SSSR count). The van der Waals surface area contributed by atoms with Gasteiger partial charge in [-0.1, -0.05) is 37.4 Å². The summed E-state index contributed by atoms with van der Waals surface area (Å²) in [5.74, 6) is 0.537. The molecular formula is C13H18N6O2S. The molecular weight excluding hydrogens is 304 g/mol. The topological polar surface area (TPSA) is 105 Å². The second-order valence-corrected chi connectivity index (χ2v) is 6.34. The van der Waals surface area contributed by atoms with Crippen molar-refractivity contribution < 1.29 is 4.79 Å². The van der Waals surface area contributed by atoms with E-state index in [-0.39, 0.29) is 23.0 Å². The second kappa shape index (κ2) is 6.91. The monoisotopic (exact) mass is 322 g/mol. The first-order valence-electron chi connectivity index (χ1n) is 7.45. The summed E-state index contributed by atoms with van der Waals surface area (Å²) in [6, 6.07) is 0.292. The van der Waals surface area contributed by atoms with Crippen molar-refractivity contribution in [3.63, 3.8) is 0 Å². The number of amides is 1. The van der Waals surface area contributed by atoms with Crippen molar-refractivity contribution in [2.75, 3.05) is 5.75 Å². The molecule has 0 aromatic carbocycles. The number of hydrogen-bond donors (Lipinski definition) is 2. The first kappa shape index (κ1) is 15.0. The van der Waals surface area contributed by atoms with Crippen LogP contribution in [0.4, 0.5) is 0 Å². The Balaban J connectivity index is 1.56. The van der Waals surface area contributed by atoms with E-state index in [1.54, 1.807) is 0 Å². The highest BCUT2D eigenvalue weighted by molar-refractivity contribution is 7.99. The summed E-state index contributed by atoms with van der Waals surface area (Å²) in [5, 5.41) is 15.3. The summed E-state index contributed by atoms with van der Waals surface area (Å²) in [7, 11) is 0. The Bertz CT molecular complexity index is 704. The average molecular weight is 322 g/mol. The molecule has 0 bridgehead atoms. The molecule has 2 heterocycles. The number of fused-ring (bicyclic) bond motifs is 1. The zero-order valence-corrected chi connectivity index (χ0v) is 12.9. The van der Waals surface area contributed by atoms with Gasteiger partial charge in [0.2, 0.25) is 11.1 Å². The fourth-order valence-electron chi connectivity index (χ4n) is 2.61. The molecule has 0 saturated heterocycles. The quantitative estimate of drug-likeness (QED) is 0.635. The molecule has 118 valence electrons. The number of nitrogens with zero attached hydrogens (tertiary/aromatic N) is 4. The zero-order valence-electron chi connectivity index (χ0n) is 12.1. The highest BCUT2D eigenvalue weighted by atomic mass is 32.2. The molecule has 2 N–H and O–H groups in total. The number of nitrogens with one attached hydrogen (secondary N) is 2. The molecule has 2 aromatic rings. The standard InChI is InChI=1S/C13H18N6O2S/c20-10-7-14-19-12(16-10)17-18-13(19)22-8-11(21)15-9-5-3-1-2-4-6-9/h7,9H,1-6,8H2,(H,15,21)(H,16,17,20). The van der Waals surface area contributed by atoms with Gasteiger partial charge in [0.25, 0.3) is 11.3 Å². The Morgan fingerprint density at radius 3 is 2.86 bits per heavy atom. The van der Waals surface area contributed by atoms with E-state index in [1.165, 1.54) is 42.0 Å². The highest BCUT2D eigenvalue weighted by Gasteiger charge is 2.16. The van der Waals surface area contributed by atoms with Gasteiger partial charge in [-0.05, 0) is 12.8 Å². The zero-order chi connectivity index (χ0) is 15.4. The molecule has 1 fully saturated rings. The van der Waals surface area contributed by atoms with Crippen LogP contribution in [-0.2, 0) is 4.79 Å². The van der Waals surface area contributed by atoms with Gasteiger partial charge in [0.05, 0.1) is 5.75 Å². The lowest BCUT2D eigenvalue weighted by Gasteiger charge is -2.15. The van der Waals surface area contributed by atoms with Gasteiger partial charge in [0.1, 0.15) is 6.20 Å². The molecule has 1 aliphatic carbocycles. The van der Waals surface area contributed by atoms with Crippen LogP contribution in [0.25, 0.3) is 5.78 Å². The van der Waals surface area contributed by atoms with Crippen molar-refractivity contribution in [3.8, 4) is 0 Å². The highest BCUT2D eigenvalue weighted by Crippen LogP contribution is 2.18. The minimum atomic E-state index is -0.331. The molecule has 0 radical (unpaired) electrons. The van der Waals surface area contributed by atoms with Crippen LogP contribution in [0.2, 0.25) is 0 Å². The van der Waals surface area contributed by atoms with E-state index in [0.29, 0.717) is 11.2 Å². The number of H-pyrrole nitrogens is 1. The van der Waals surface area contributed by atoms with Gasteiger partial charge in [0, 0.05) is 6.04 Å². The molecule has 0 unspecified atom stereocenters. The second-order valence-electron chi connectivity index (χ2n) is 5.40. The van der Waals surface area contributed by atoms with Crippen molar-refractivity contribution in [1.82, 2.24) is 30.1 Å². The van der Waals surface area contributed by atoms with E-state index in [1.807, 2.05) is 0 Å². The average Bonchev–Trinajstić information content (AvgIpc) is 2.72. The molecule has 0 atom stereocenters. The van der Waals surface area contributed by atoms with E-state index in [2.05, 4.69) is 25.6 Å². The van der Waals surface area contributed by atoms with E-state index < -0.39 is 0 Å². The van der Waals surface area contributed by atoms with Gasteiger partial charge in [-0.15, -0.1) is 10.2 Å². The first-order chi connectivity index (χ1) is 10.7. The summed E-state index contributed by atoms with van der Waals surface area (Å²) in [4.78, 5) is 25.7. The van der Waals surface area contributed by atoms with Crippen molar-refractivity contribution in [3.05, 3.63) is 16.6 Å². The molecule has 0 aliphatic heterocycles. The Hall–Kier alpha value is -1.90. The molecule has 9 heteroatoms. The lowest BCUT2D eigenvalue weighted by atomic mass is 10.1. The van der Waals surface area contributed by atoms with E-state index in [9.17, 15) is 9.59 Å². The van der Waals surface area contributed by atoms with Crippen molar-refractivity contribution >= 4 is 23.4 Å². The maximum Gasteiger partial charge on any atom is 0.271 e. The van der Waals surface area contributed by atoms with E-state index in [0.717, 1.165) is 19.0 Å². The molecule has 2 aromatic heterocycles. The fourth-order valence-corrected chi connectivity index (χ4v) is 3.31. The third kappa shape index (κ3) is 3.65. The van der Waals surface area contributed by atoms with Crippen LogP contribution in [0.1, 0.15) is 38.5 Å². The minimum Gasteiger partial charge on any atom is -0.353 e. The normalized spacial score (nSPS) is 16.5. The molecule has 1 amide bonds. The largest absolute Gasteiger partial charge is 0.353 e. The van der Waals surface area contributed by atoms with E-state index in [4.69, 9.17) is 0 Å². The minimum absolute atomic E-state index is 0.00178.